The molecule has 2 amide bonds. The lowest BCUT2D eigenvalue weighted by molar-refractivity contribution is -0.175. The fourth-order valence-corrected chi connectivity index (χ4v) is 2.00. The third kappa shape index (κ3) is 3.75. The quantitative estimate of drug-likeness (QED) is 0.466. The van der Waals surface area contributed by atoms with Gasteiger partial charge in [-0.05, 0) is 5.92 Å². The van der Waals surface area contributed by atoms with Crippen molar-refractivity contribution >= 4 is 23.8 Å². The molecule has 8 nitrogen and oxygen atoms in total. The van der Waals surface area contributed by atoms with Crippen LogP contribution < -0.4 is 10.6 Å². The van der Waals surface area contributed by atoms with Crippen LogP contribution in [0.15, 0.2) is 0 Å². The minimum Gasteiger partial charge on any atom is -0.467 e. The van der Waals surface area contributed by atoms with Crippen LogP contribution in [0.5, 0.6) is 0 Å². The van der Waals surface area contributed by atoms with Gasteiger partial charge in [-0.1, -0.05) is 26.7 Å². The Morgan fingerprint density at radius 3 is 1.73 bits per heavy atom. The second-order valence-corrected chi connectivity index (χ2v) is 4.70. The summed E-state index contributed by atoms with van der Waals surface area (Å²) in [4.78, 5) is 48.5. The Kier molecular flexibility index (Phi) is 8.14. The maximum absolute atomic E-state index is 12.4. The first kappa shape index (κ1) is 19.9. The molecule has 0 spiro atoms. The van der Waals surface area contributed by atoms with Crippen LogP contribution in [0.2, 0.25) is 0 Å². The van der Waals surface area contributed by atoms with Crippen LogP contribution in [-0.2, 0) is 28.7 Å². The zero-order chi connectivity index (χ0) is 17.3. The van der Waals surface area contributed by atoms with Crippen LogP contribution in [0.1, 0.15) is 26.7 Å². The average molecular weight is 316 g/mol. The molecule has 0 aromatic heterocycles. The van der Waals surface area contributed by atoms with Crippen molar-refractivity contribution in [2.75, 3.05) is 27.8 Å². The van der Waals surface area contributed by atoms with Gasteiger partial charge < -0.3 is 20.1 Å². The van der Waals surface area contributed by atoms with E-state index >= 15 is 0 Å². The molecule has 0 fully saturated rings. The number of carbonyl (C=O) groups excluding carboxylic acids is 4. The van der Waals surface area contributed by atoms with Gasteiger partial charge in [-0.2, -0.15) is 0 Å². The van der Waals surface area contributed by atoms with Gasteiger partial charge in [0.25, 0.3) is 11.8 Å². The van der Waals surface area contributed by atoms with Crippen molar-refractivity contribution in [3.63, 3.8) is 0 Å². The van der Waals surface area contributed by atoms with Gasteiger partial charge in [-0.15, -0.1) is 0 Å². The summed E-state index contributed by atoms with van der Waals surface area (Å²) in [6.45, 7) is 4.14. The average Bonchev–Trinajstić information content (AvgIpc) is 2.55. The summed E-state index contributed by atoms with van der Waals surface area (Å²) in [5.74, 6) is -4.58. The molecule has 0 heterocycles. The molecular weight excluding hydrogens is 292 g/mol. The summed E-state index contributed by atoms with van der Waals surface area (Å²) in [6.07, 6.45) is 1.61. The summed E-state index contributed by atoms with van der Waals surface area (Å²) in [7, 11) is 3.17. The zero-order valence-corrected chi connectivity index (χ0v) is 13.6. The van der Waals surface area contributed by atoms with Crippen molar-refractivity contribution in [2.24, 2.45) is 11.3 Å². The van der Waals surface area contributed by atoms with Crippen LogP contribution in [-0.4, -0.2) is 51.6 Å². The molecule has 0 aliphatic carbocycles. The topological polar surface area (TPSA) is 111 Å². The molecule has 0 aromatic carbocycles. The van der Waals surface area contributed by atoms with E-state index < -0.39 is 29.2 Å². The number of methoxy groups -OCH3 is 2. The number of ether oxygens (including phenoxy) is 2. The first-order valence-electron chi connectivity index (χ1n) is 7.03. The fraction of sp³-hybridized carbons (Fsp3) is 0.714. The highest BCUT2D eigenvalue weighted by Gasteiger charge is 2.61. The first-order valence-corrected chi connectivity index (χ1v) is 7.03. The predicted molar refractivity (Wildman–Crippen MR) is 77.6 cm³/mol. The van der Waals surface area contributed by atoms with Gasteiger partial charge >= 0.3 is 17.4 Å². The summed E-state index contributed by atoms with van der Waals surface area (Å²) < 4.78 is 8.96. The number of rotatable bonds is 8. The summed E-state index contributed by atoms with van der Waals surface area (Å²) in [5, 5.41) is 4.60. The Labute approximate surface area is 129 Å². The van der Waals surface area contributed by atoms with E-state index in [-0.39, 0.29) is 12.5 Å². The number of hydrogen-bond acceptors (Lipinski definition) is 6. The molecular formula is C14H24N2O6. The van der Waals surface area contributed by atoms with E-state index in [9.17, 15) is 19.2 Å². The molecule has 0 radical (unpaired) electrons. The third-order valence-corrected chi connectivity index (χ3v) is 3.60. The van der Waals surface area contributed by atoms with E-state index in [1.54, 1.807) is 0 Å². The van der Waals surface area contributed by atoms with Gasteiger partial charge in [0.2, 0.25) is 0 Å². The van der Waals surface area contributed by atoms with Crippen LogP contribution in [0.4, 0.5) is 0 Å². The number of hydrogen-bond donors (Lipinski definition) is 2. The standard InChI is InChI=1S/C14H24N2O6/c1-6-9(7-2)8-16-11(18)14(10(17)15-3,12(19)21-4)13(20)22-5/h9H,6-8H2,1-5H3,(H,15,17)(H,16,18). The van der Waals surface area contributed by atoms with Crippen molar-refractivity contribution in [3.8, 4) is 0 Å². The molecule has 0 atom stereocenters. The fourth-order valence-electron chi connectivity index (χ4n) is 2.00. The number of esters is 2. The SMILES string of the molecule is CCC(CC)CNC(=O)C(C(=O)NC)(C(=O)OC)C(=O)OC. The summed E-state index contributed by atoms with van der Waals surface area (Å²) in [6, 6.07) is 0. The maximum atomic E-state index is 12.4. The van der Waals surface area contributed by atoms with Gasteiger partial charge in [0.05, 0.1) is 14.2 Å². The molecule has 0 saturated carbocycles. The van der Waals surface area contributed by atoms with Crippen molar-refractivity contribution in [3.05, 3.63) is 0 Å². The lowest BCUT2D eigenvalue weighted by Gasteiger charge is -2.26. The Morgan fingerprint density at radius 2 is 1.41 bits per heavy atom. The molecule has 8 heteroatoms. The minimum atomic E-state index is -2.70. The van der Waals surface area contributed by atoms with Crippen molar-refractivity contribution in [2.45, 2.75) is 26.7 Å². The number of nitrogens with one attached hydrogen (secondary N) is 2. The molecule has 0 aliphatic heterocycles. The molecule has 0 aromatic rings. The minimum absolute atomic E-state index is 0.168. The highest BCUT2D eigenvalue weighted by atomic mass is 16.5. The molecule has 0 bridgehead atoms. The van der Waals surface area contributed by atoms with Gasteiger partial charge in [-0.3, -0.25) is 9.59 Å². The lowest BCUT2D eigenvalue weighted by Crippen LogP contribution is -2.61. The molecule has 126 valence electrons. The van der Waals surface area contributed by atoms with Gasteiger partial charge in [0.15, 0.2) is 0 Å². The van der Waals surface area contributed by atoms with Gasteiger partial charge in [-0.25, -0.2) is 9.59 Å². The second kappa shape index (κ2) is 9.01. The van der Waals surface area contributed by atoms with Crippen LogP contribution in [0.25, 0.3) is 0 Å². The lowest BCUT2D eigenvalue weighted by atomic mass is 9.85. The number of amides is 2. The van der Waals surface area contributed by atoms with Crippen LogP contribution in [0, 0.1) is 11.3 Å². The van der Waals surface area contributed by atoms with Gasteiger partial charge in [0.1, 0.15) is 0 Å². The normalized spacial score (nSPS) is 10.8. The van der Waals surface area contributed by atoms with E-state index in [4.69, 9.17) is 0 Å². The molecule has 22 heavy (non-hydrogen) atoms. The van der Waals surface area contributed by atoms with E-state index in [0.29, 0.717) is 0 Å². The van der Waals surface area contributed by atoms with Crippen molar-refractivity contribution in [1.29, 1.82) is 0 Å². The highest BCUT2D eigenvalue weighted by molar-refractivity contribution is 6.35. The van der Waals surface area contributed by atoms with E-state index in [0.717, 1.165) is 27.1 Å². The van der Waals surface area contributed by atoms with Crippen LogP contribution in [0.3, 0.4) is 0 Å². The molecule has 2 N–H and O–H groups in total. The molecule has 0 unspecified atom stereocenters. The highest BCUT2D eigenvalue weighted by Crippen LogP contribution is 2.23. The Morgan fingerprint density at radius 1 is 0.955 bits per heavy atom. The van der Waals surface area contributed by atoms with Crippen LogP contribution >= 0.6 is 0 Å². The van der Waals surface area contributed by atoms with E-state index in [1.807, 2.05) is 13.8 Å². The monoisotopic (exact) mass is 316 g/mol. The van der Waals surface area contributed by atoms with Crippen molar-refractivity contribution in [1.82, 2.24) is 10.6 Å². The molecule has 0 rings (SSSR count). The Bertz CT molecular complexity index is 390. The second-order valence-electron chi connectivity index (χ2n) is 4.70. The summed E-state index contributed by atoms with van der Waals surface area (Å²) >= 11 is 0. The van der Waals surface area contributed by atoms with E-state index in [2.05, 4.69) is 20.1 Å². The first-order chi connectivity index (χ1) is 10.4. The summed E-state index contributed by atoms with van der Waals surface area (Å²) in [5.41, 5.74) is -2.70. The smallest absolute Gasteiger partial charge is 0.343 e. The zero-order valence-electron chi connectivity index (χ0n) is 13.6. The van der Waals surface area contributed by atoms with Crippen molar-refractivity contribution < 1.29 is 28.7 Å². The Balaban J connectivity index is 5.63. The van der Waals surface area contributed by atoms with Gasteiger partial charge in [0, 0.05) is 13.6 Å². The molecule has 0 aliphatic rings. The number of carbonyl (C=O) groups is 4. The largest absolute Gasteiger partial charge is 0.467 e. The Hall–Kier alpha value is -2.12. The predicted octanol–water partition coefficient (Wildman–Crippen LogP) is -0.383. The third-order valence-electron chi connectivity index (χ3n) is 3.60. The maximum Gasteiger partial charge on any atom is 0.343 e. The van der Waals surface area contributed by atoms with E-state index in [1.165, 1.54) is 7.05 Å². The molecule has 0 saturated heterocycles.